The van der Waals surface area contributed by atoms with Crippen molar-refractivity contribution in [1.29, 1.82) is 0 Å². The summed E-state index contributed by atoms with van der Waals surface area (Å²) in [7, 11) is 0. The normalized spacial score (nSPS) is 12.3. The predicted octanol–water partition coefficient (Wildman–Crippen LogP) is 18.4. The zero-order chi connectivity index (χ0) is 76.2. The second kappa shape index (κ2) is 34.7. The third-order valence-corrected chi connectivity index (χ3v) is 21.8. The molecule has 0 spiro atoms. The third kappa shape index (κ3) is 18.6. The number of fused-ring (bicyclic) bond motifs is 6. The highest BCUT2D eigenvalue weighted by molar-refractivity contribution is 5.83. The molecular weight excluding hydrogens is 1410 g/mol. The summed E-state index contributed by atoms with van der Waals surface area (Å²) in [4.78, 5) is 18.1. The van der Waals surface area contributed by atoms with Gasteiger partial charge in [-0.05, 0) is 247 Å². The number of hydrogen-bond donors (Lipinski definition) is 9. The van der Waals surface area contributed by atoms with Gasteiger partial charge in [0.1, 0.15) is 11.4 Å². The summed E-state index contributed by atoms with van der Waals surface area (Å²) in [5.41, 5.74) is 32.0. The van der Waals surface area contributed by atoms with Gasteiger partial charge < -0.3 is 55.7 Å². The number of nitrogens with one attached hydrogen (secondary N) is 9. The molecule has 9 N–H and O–H groups in total. The molecule has 7 heterocycles. The molecule has 10 aromatic carbocycles. The van der Waals surface area contributed by atoms with Crippen molar-refractivity contribution in [2.45, 2.75) is 117 Å². The number of aryl methyl sites for hydroxylation is 4. The molecule has 7 aromatic heterocycles. The number of ether oxygens (including phenoxy) is 2. The van der Waals surface area contributed by atoms with E-state index in [1.807, 2.05) is 21.8 Å². The van der Waals surface area contributed by atoms with Crippen molar-refractivity contribution < 1.29 is 9.47 Å². The molecule has 0 fully saturated rings. The smallest absolute Gasteiger partial charge is 0.108 e. The van der Waals surface area contributed by atoms with Gasteiger partial charge in [-0.25, -0.2) is 9.36 Å². The molecule has 0 radical (unpaired) electrons. The van der Waals surface area contributed by atoms with Crippen molar-refractivity contribution in [1.82, 2.24) is 76.2 Å². The van der Waals surface area contributed by atoms with E-state index < -0.39 is 0 Å². The number of rotatable bonds is 37. The summed E-state index contributed by atoms with van der Waals surface area (Å²) in [5, 5.41) is 39.7. The van der Waals surface area contributed by atoms with Crippen LogP contribution >= 0.6 is 0 Å². The van der Waals surface area contributed by atoms with Gasteiger partial charge in [0.2, 0.25) is 0 Å². The molecule has 0 bridgehead atoms. The van der Waals surface area contributed by atoms with Crippen LogP contribution in [0.1, 0.15) is 108 Å². The third-order valence-electron chi connectivity index (χ3n) is 21.8. The molecule has 18 rings (SSSR count). The van der Waals surface area contributed by atoms with Gasteiger partial charge in [-0.1, -0.05) is 174 Å². The Labute approximate surface area is 663 Å². The fraction of sp³-hybridized carbons (Fsp3) is 0.216. The van der Waals surface area contributed by atoms with E-state index in [4.69, 9.17) is 9.47 Å². The summed E-state index contributed by atoms with van der Waals surface area (Å²) < 4.78 is 16.2. The quantitative estimate of drug-likeness (QED) is 0.0168. The van der Waals surface area contributed by atoms with Crippen LogP contribution in [0.25, 0.3) is 82.8 Å². The molecule has 0 amide bonds. The van der Waals surface area contributed by atoms with Gasteiger partial charge in [-0.3, -0.25) is 0 Å². The molecule has 17 nitrogen and oxygen atoms in total. The van der Waals surface area contributed by atoms with Crippen LogP contribution in [0.15, 0.2) is 267 Å². The van der Waals surface area contributed by atoms with Gasteiger partial charge in [0.05, 0.1) is 51.9 Å². The van der Waals surface area contributed by atoms with E-state index in [0.717, 1.165) is 132 Å². The molecule has 17 heteroatoms. The monoisotopic (exact) mass is 1500 g/mol. The average molecular weight is 1500 g/mol. The van der Waals surface area contributed by atoms with Crippen LogP contribution in [0.2, 0.25) is 0 Å². The van der Waals surface area contributed by atoms with E-state index in [0.29, 0.717) is 72.2 Å². The van der Waals surface area contributed by atoms with Gasteiger partial charge >= 0.3 is 0 Å². The van der Waals surface area contributed by atoms with Crippen molar-refractivity contribution in [3.8, 4) is 22.3 Å². The minimum absolute atomic E-state index is 0.301. The first kappa shape index (κ1) is 73.2. The summed E-state index contributed by atoms with van der Waals surface area (Å²) in [6.07, 6.45) is 13.3. The second-order valence-electron chi connectivity index (χ2n) is 30.8. The highest BCUT2D eigenvalue weighted by Gasteiger charge is 2.17. The largest absolute Gasteiger partial charge is 0.373 e. The molecule has 1 aliphatic rings. The SMILES string of the molecule is C1=C(CNCc2cc(Cn3cc(COCCOCc4cn(Cc5cc(CNCc6cc7ccccc7[nH]6)cc(-c6cc(CCCc7cc8ccccc8[nH]7)cc(CCCc7cc8ccccc8[nH]7)c6)c5)nn4)nn3)cc(-c3cc(CNCc4cc5ccccc5[nH]4)cc(CNCc4cc5ccccc5[nH]4)c3)c2)Cc2ccccc21. The van der Waals surface area contributed by atoms with E-state index in [1.54, 1.807) is 0 Å². The maximum atomic E-state index is 6.18. The van der Waals surface area contributed by atoms with E-state index in [-0.39, 0.29) is 0 Å². The molecule has 0 aliphatic heterocycles. The summed E-state index contributed by atoms with van der Waals surface area (Å²) in [6.45, 7) is 8.22. The topological polar surface area (TPSA) is 207 Å². The van der Waals surface area contributed by atoms with E-state index in [1.165, 1.54) is 111 Å². The van der Waals surface area contributed by atoms with Crippen LogP contribution in [0, 0.1) is 0 Å². The molecule has 17 aromatic rings. The lowest BCUT2D eigenvalue weighted by molar-refractivity contribution is 0.0318. The molecule has 1 aliphatic carbocycles. The van der Waals surface area contributed by atoms with Crippen molar-refractivity contribution >= 4 is 60.6 Å². The Morgan fingerprint density at radius 3 is 1.05 bits per heavy atom. The molecule has 114 heavy (non-hydrogen) atoms. The Kier molecular flexibility index (Phi) is 22.3. The van der Waals surface area contributed by atoms with Crippen molar-refractivity contribution in [3.63, 3.8) is 0 Å². The van der Waals surface area contributed by atoms with Gasteiger partial charge in [0.25, 0.3) is 0 Å². The lowest BCUT2D eigenvalue weighted by atomic mass is 9.93. The zero-order valence-corrected chi connectivity index (χ0v) is 64.3. The van der Waals surface area contributed by atoms with Crippen LogP contribution in [0.5, 0.6) is 0 Å². The Morgan fingerprint density at radius 2 is 0.649 bits per heavy atom. The first-order valence-electron chi connectivity index (χ1n) is 40.2. The lowest BCUT2D eigenvalue weighted by Gasteiger charge is -2.15. The van der Waals surface area contributed by atoms with Crippen molar-refractivity contribution in [2.75, 3.05) is 19.8 Å². The number of aromatic amines is 5. The maximum absolute atomic E-state index is 6.18. The zero-order valence-electron chi connectivity index (χ0n) is 64.3. The minimum Gasteiger partial charge on any atom is -0.373 e. The molecular formula is C97H95N15O2. The fourth-order valence-corrected chi connectivity index (χ4v) is 16.5. The summed E-state index contributed by atoms with van der Waals surface area (Å²) in [5.74, 6) is 0. The average Bonchev–Trinajstić information content (AvgIpc) is 0.849. The number of aromatic nitrogens is 11. The number of para-hydroxylation sites is 5. The number of H-pyrrole nitrogens is 5. The van der Waals surface area contributed by atoms with Crippen molar-refractivity contribution in [3.05, 3.63) is 362 Å². The highest BCUT2D eigenvalue weighted by Crippen LogP contribution is 2.32. The Morgan fingerprint density at radius 1 is 0.316 bits per heavy atom. The molecule has 0 saturated heterocycles. The number of nitrogens with zero attached hydrogens (tertiary/aromatic N) is 6. The molecule has 570 valence electrons. The first-order chi connectivity index (χ1) is 56.3. The van der Waals surface area contributed by atoms with E-state index in [2.05, 4.69) is 322 Å². The lowest BCUT2D eigenvalue weighted by Crippen LogP contribution is -2.17. The van der Waals surface area contributed by atoms with Crippen LogP contribution in [0.3, 0.4) is 0 Å². The molecule has 0 saturated carbocycles. The first-order valence-corrected chi connectivity index (χ1v) is 40.2. The fourth-order valence-electron chi connectivity index (χ4n) is 16.5. The van der Waals surface area contributed by atoms with Gasteiger partial charge in [0.15, 0.2) is 0 Å². The highest BCUT2D eigenvalue weighted by atomic mass is 16.5. The van der Waals surface area contributed by atoms with E-state index >= 15 is 0 Å². The standard InChI is InChI=1S/C97H95N15O2/c1-2-18-76-40-72(39-75(76)17-1)56-98-52-70-35-73(46-85(43-70)83-41-68(53-99-57-88-49-79-21-5-10-28-95(79)104-88)34-69(42-83)54-100-58-89-50-80-22-6-11-29-96(80)105-89)60-111-62-91(107-109-111)64-113-31-32-114-65-92-63-112(110-108-92)61-74-36-71(55-101-59-90-51-81-23-7-12-30-97(81)106-90)44-84(45-74)82-37-66(15-13-24-86-47-77-19-3-8-26-93(77)102-86)33-67(38-82)16-14-25-87-48-78-20-4-9-27-94(78)103-87/h1-12,17-23,26-30,33-39,41-51,62-63,98-106H,13-16,24-25,31-32,40,52-61,64-65H2. The van der Waals surface area contributed by atoms with Gasteiger partial charge in [0, 0.05) is 108 Å². The van der Waals surface area contributed by atoms with E-state index in [9.17, 15) is 0 Å². The van der Waals surface area contributed by atoms with Gasteiger partial charge in [-0.2, -0.15) is 0 Å². The van der Waals surface area contributed by atoms with Crippen LogP contribution in [0.4, 0.5) is 0 Å². The Bertz CT molecular complexity index is 5830. The summed E-state index contributed by atoms with van der Waals surface area (Å²) >= 11 is 0. The second-order valence-corrected chi connectivity index (χ2v) is 30.8. The molecule has 0 unspecified atom stereocenters. The minimum atomic E-state index is 0.301. The number of benzene rings is 10. The van der Waals surface area contributed by atoms with Gasteiger partial charge in [-0.15, -0.1) is 10.2 Å². The molecule has 0 atom stereocenters. The Hall–Kier alpha value is -12.3. The predicted molar refractivity (Wildman–Crippen MR) is 458 cm³/mol. The summed E-state index contributed by atoms with van der Waals surface area (Å²) in [6, 6.07) is 90.8. The van der Waals surface area contributed by atoms with Crippen LogP contribution < -0.4 is 21.3 Å². The van der Waals surface area contributed by atoms with Crippen molar-refractivity contribution in [2.24, 2.45) is 0 Å². The number of hydrogen-bond acceptors (Lipinski definition) is 10. The maximum Gasteiger partial charge on any atom is 0.108 e. The van der Waals surface area contributed by atoms with Crippen LogP contribution in [-0.4, -0.2) is 74.7 Å². The Balaban J connectivity index is 0.527. The van der Waals surface area contributed by atoms with Crippen LogP contribution in [-0.2, 0) is 114 Å².